The minimum Gasteiger partial charge on any atom is -0.494 e. The summed E-state index contributed by atoms with van der Waals surface area (Å²) in [7, 11) is 0. The molecule has 0 fully saturated rings. The van der Waals surface area contributed by atoms with Crippen LogP contribution in [-0.2, 0) is 16.0 Å². The number of rotatable bonds is 7. The zero-order chi connectivity index (χ0) is 18.2. The summed E-state index contributed by atoms with van der Waals surface area (Å²) in [6.45, 7) is 6.05. The number of hydrogen-bond acceptors (Lipinski definition) is 4. The van der Waals surface area contributed by atoms with Crippen LogP contribution >= 0.6 is 0 Å². The van der Waals surface area contributed by atoms with Gasteiger partial charge in [0.2, 0.25) is 0 Å². The molecule has 25 heavy (non-hydrogen) atoms. The zero-order valence-corrected chi connectivity index (χ0v) is 14.7. The molecule has 0 spiro atoms. The van der Waals surface area contributed by atoms with Crippen molar-refractivity contribution >= 4 is 17.6 Å². The summed E-state index contributed by atoms with van der Waals surface area (Å²) >= 11 is 0. The van der Waals surface area contributed by atoms with Gasteiger partial charge in [0.25, 0.3) is 5.91 Å². The number of benzene rings is 2. The molecular weight excluding hydrogens is 318 g/mol. The lowest BCUT2D eigenvalue weighted by atomic mass is 10.1. The molecule has 0 unspecified atom stereocenters. The number of carbonyl (C=O) groups is 2. The summed E-state index contributed by atoms with van der Waals surface area (Å²) in [4.78, 5) is 24.3. The van der Waals surface area contributed by atoms with E-state index in [1.54, 1.807) is 31.2 Å². The molecule has 2 aromatic rings. The number of carbonyl (C=O) groups excluding carboxylic acids is 2. The molecule has 0 radical (unpaired) electrons. The monoisotopic (exact) mass is 341 g/mol. The van der Waals surface area contributed by atoms with Crippen LogP contribution in [0.4, 0.5) is 5.69 Å². The van der Waals surface area contributed by atoms with Gasteiger partial charge in [-0.25, -0.2) is 4.79 Å². The fraction of sp³-hybridized carbons (Fsp3) is 0.300. The van der Waals surface area contributed by atoms with Crippen molar-refractivity contribution in [1.29, 1.82) is 0 Å². The van der Waals surface area contributed by atoms with Gasteiger partial charge in [0, 0.05) is 5.69 Å². The van der Waals surface area contributed by atoms with E-state index in [0.717, 1.165) is 6.42 Å². The molecule has 1 N–H and O–H groups in total. The van der Waals surface area contributed by atoms with Crippen molar-refractivity contribution in [2.45, 2.75) is 33.3 Å². The Hall–Kier alpha value is -2.82. The van der Waals surface area contributed by atoms with Crippen LogP contribution in [0.25, 0.3) is 0 Å². The fourth-order valence-corrected chi connectivity index (χ4v) is 2.20. The van der Waals surface area contributed by atoms with Gasteiger partial charge in [0.05, 0.1) is 12.2 Å². The standard InChI is InChI=1S/C20H23NO4/c1-4-15-6-10-17(11-7-15)21-19(22)14(3)25-20(23)16-8-12-18(13-9-16)24-5-2/h6-14H,4-5H2,1-3H3,(H,21,22)/t14-/m1/s1. The van der Waals surface area contributed by atoms with E-state index in [4.69, 9.17) is 9.47 Å². The van der Waals surface area contributed by atoms with Gasteiger partial charge in [-0.2, -0.15) is 0 Å². The van der Waals surface area contributed by atoms with Crippen molar-refractivity contribution in [3.63, 3.8) is 0 Å². The Balaban J connectivity index is 1.91. The maximum absolute atomic E-state index is 12.2. The molecule has 5 heteroatoms. The topological polar surface area (TPSA) is 64.6 Å². The Morgan fingerprint density at radius 3 is 2.20 bits per heavy atom. The number of ether oxygens (including phenoxy) is 2. The highest BCUT2D eigenvalue weighted by molar-refractivity contribution is 5.97. The number of hydrogen-bond donors (Lipinski definition) is 1. The van der Waals surface area contributed by atoms with Gasteiger partial charge in [-0.05, 0) is 62.2 Å². The highest BCUT2D eigenvalue weighted by Crippen LogP contribution is 2.14. The maximum Gasteiger partial charge on any atom is 0.338 e. The first-order valence-electron chi connectivity index (χ1n) is 8.37. The first kappa shape index (κ1) is 18.5. The van der Waals surface area contributed by atoms with Gasteiger partial charge in [0.1, 0.15) is 5.75 Å². The van der Waals surface area contributed by atoms with E-state index in [1.807, 2.05) is 31.2 Å². The molecule has 1 atom stereocenters. The molecule has 132 valence electrons. The van der Waals surface area contributed by atoms with Gasteiger partial charge in [-0.1, -0.05) is 19.1 Å². The highest BCUT2D eigenvalue weighted by Gasteiger charge is 2.19. The molecule has 0 aliphatic heterocycles. The van der Waals surface area contributed by atoms with Crippen molar-refractivity contribution in [2.24, 2.45) is 0 Å². The molecule has 2 rings (SSSR count). The molecule has 0 saturated heterocycles. The predicted molar refractivity (Wildman–Crippen MR) is 96.9 cm³/mol. The Bertz CT molecular complexity index is 707. The second kappa shape index (κ2) is 8.87. The molecule has 0 bridgehead atoms. The Labute approximate surface area is 148 Å². The van der Waals surface area contributed by atoms with Gasteiger partial charge >= 0.3 is 5.97 Å². The van der Waals surface area contributed by atoms with Crippen LogP contribution in [0, 0.1) is 0 Å². The van der Waals surface area contributed by atoms with E-state index in [2.05, 4.69) is 12.2 Å². The molecule has 0 heterocycles. The molecule has 0 aliphatic rings. The third kappa shape index (κ3) is 5.35. The van der Waals surface area contributed by atoms with E-state index in [9.17, 15) is 9.59 Å². The SMILES string of the molecule is CCOc1ccc(C(=O)O[C@H](C)C(=O)Nc2ccc(CC)cc2)cc1. The number of esters is 1. The number of anilines is 1. The predicted octanol–water partition coefficient (Wildman–Crippen LogP) is 3.83. The summed E-state index contributed by atoms with van der Waals surface area (Å²) < 4.78 is 10.5. The van der Waals surface area contributed by atoms with Crippen LogP contribution in [0.3, 0.4) is 0 Å². The van der Waals surface area contributed by atoms with Crippen molar-refractivity contribution in [3.05, 3.63) is 59.7 Å². The molecule has 5 nitrogen and oxygen atoms in total. The minimum absolute atomic E-state index is 0.371. The maximum atomic E-state index is 12.2. The number of amides is 1. The van der Waals surface area contributed by atoms with Crippen molar-refractivity contribution in [2.75, 3.05) is 11.9 Å². The number of aryl methyl sites for hydroxylation is 1. The summed E-state index contributed by atoms with van der Waals surface area (Å²) in [5.41, 5.74) is 2.23. The highest BCUT2D eigenvalue weighted by atomic mass is 16.5. The minimum atomic E-state index is -0.898. The second-order valence-electron chi connectivity index (χ2n) is 5.54. The van der Waals surface area contributed by atoms with Gasteiger partial charge in [-0.3, -0.25) is 4.79 Å². The van der Waals surface area contributed by atoms with Crippen molar-refractivity contribution < 1.29 is 19.1 Å². The third-order valence-corrected chi connectivity index (χ3v) is 3.68. The van der Waals surface area contributed by atoms with Gasteiger partial charge < -0.3 is 14.8 Å². The molecule has 2 aromatic carbocycles. The smallest absolute Gasteiger partial charge is 0.338 e. The quantitative estimate of drug-likeness (QED) is 0.777. The van der Waals surface area contributed by atoms with E-state index in [-0.39, 0.29) is 5.91 Å². The summed E-state index contributed by atoms with van der Waals surface area (Å²) in [5.74, 6) is -0.240. The number of nitrogens with one attached hydrogen (secondary N) is 1. The largest absolute Gasteiger partial charge is 0.494 e. The second-order valence-corrected chi connectivity index (χ2v) is 5.54. The van der Waals surface area contributed by atoms with E-state index in [0.29, 0.717) is 23.6 Å². The van der Waals surface area contributed by atoms with Crippen molar-refractivity contribution in [1.82, 2.24) is 0 Å². The molecular formula is C20H23NO4. The normalized spacial score (nSPS) is 11.5. The van der Waals surface area contributed by atoms with Crippen LogP contribution in [0.15, 0.2) is 48.5 Å². The molecule has 0 aliphatic carbocycles. The lowest BCUT2D eigenvalue weighted by Gasteiger charge is -2.14. The Morgan fingerprint density at radius 2 is 1.64 bits per heavy atom. The van der Waals surface area contributed by atoms with Crippen LogP contribution in [-0.4, -0.2) is 24.6 Å². The van der Waals surface area contributed by atoms with Crippen LogP contribution in [0.1, 0.15) is 36.7 Å². The van der Waals surface area contributed by atoms with E-state index in [1.165, 1.54) is 5.56 Å². The van der Waals surface area contributed by atoms with E-state index >= 15 is 0 Å². The summed E-state index contributed by atoms with van der Waals surface area (Å²) in [6, 6.07) is 14.2. The van der Waals surface area contributed by atoms with Crippen LogP contribution in [0.2, 0.25) is 0 Å². The lowest BCUT2D eigenvalue weighted by Crippen LogP contribution is -2.30. The summed E-state index contributed by atoms with van der Waals surface area (Å²) in [5, 5.41) is 2.74. The molecule has 1 amide bonds. The van der Waals surface area contributed by atoms with Crippen LogP contribution < -0.4 is 10.1 Å². The van der Waals surface area contributed by atoms with Crippen LogP contribution in [0.5, 0.6) is 5.75 Å². The van der Waals surface area contributed by atoms with Gasteiger partial charge in [0.15, 0.2) is 6.10 Å². The molecule has 0 saturated carbocycles. The average molecular weight is 341 g/mol. The summed E-state index contributed by atoms with van der Waals surface area (Å²) in [6.07, 6.45) is 0.0366. The first-order valence-corrected chi connectivity index (χ1v) is 8.37. The first-order chi connectivity index (χ1) is 12.0. The van der Waals surface area contributed by atoms with E-state index < -0.39 is 12.1 Å². The molecule has 0 aromatic heterocycles. The zero-order valence-electron chi connectivity index (χ0n) is 14.7. The Kier molecular flexibility index (Phi) is 6.57. The Morgan fingerprint density at radius 1 is 1.00 bits per heavy atom. The van der Waals surface area contributed by atoms with Gasteiger partial charge in [-0.15, -0.1) is 0 Å². The fourth-order valence-electron chi connectivity index (χ4n) is 2.20. The lowest BCUT2D eigenvalue weighted by molar-refractivity contribution is -0.123. The third-order valence-electron chi connectivity index (χ3n) is 3.68. The average Bonchev–Trinajstić information content (AvgIpc) is 2.63. The van der Waals surface area contributed by atoms with Crippen molar-refractivity contribution in [3.8, 4) is 5.75 Å².